The number of benzene rings is 1. The molecule has 1 atom stereocenters. The van der Waals surface area contributed by atoms with Gasteiger partial charge in [-0.05, 0) is 12.1 Å². The van der Waals surface area contributed by atoms with E-state index in [0.29, 0.717) is 6.04 Å². The Kier molecular flexibility index (Phi) is 3.61. The first-order chi connectivity index (χ1) is 6.79. The van der Waals surface area contributed by atoms with E-state index in [-0.39, 0.29) is 0 Å². The van der Waals surface area contributed by atoms with Crippen molar-refractivity contribution < 1.29 is 0 Å². The molecule has 1 N–H and O–H groups in total. The number of halogens is 2. The van der Waals surface area contributed by atoms with Gasteiger partial charge in [0.2, 0.25) is 0 Å². The summed E-state index contributed by atoms with van der Waals surface area (Å²) >= 11 is 14.2. The van der Waals surface area contributed by atoms with Gasteiger partial charge >= 0.3 is 0 Å². The molecule has 0 bridgehead atoms. The first-order valence-corrected chi connectivity index (χ1v) is 6.45. The largest absolute Gasteiger partial charge is 0.308 e. The predicted octanol–water partition coefficient (Wildman–Crippen LogP) is 3.37. The zero-order chi connectivity index (χ0) is 9.97. The number of hydrogen-bond donors (Lipinski definition) is 1. The van der Waals surface area contributed by atoms with Crippen molar-refractivity contribution in [1.29, 1.82) is 0 Å². The number of thioether (sulfide) groups is 1. The molecule has 0 spiro atoms. The fourth-order valence-electron chi connectivity index (χ4n) is 1.59. The molecule has 0 saturated carbocycles. The molecule has 1 saturated heterocycles. The molecule has 14 heavy (non-hydrogen) atoms. The predicted molar refractivity (Wildman–Crippen MR) is 64.5 cm³/mol. The first-order valence-electron chi connectivity index (χ1n) is 4.54. The Bertz CT molecular complexity index is 304. The lowest BCUT2D eigenvalue weighted by Gasteiger charge is -2.25. The molecule has 1 unspecified atom stereocenters. The van der Waals surface area contributed by atoms with Crippen LogP contribution in [0.1, 0.15) is 11.6 Å². The van der Waals surface area contributed by atoms with Crippen molar-refractivity contribution in [2.45, 2.75) is 6.04 Å². The van der Waals surface area contributed by atoms with Gasteiger partial charge in [-0.1, -0.05) is 29.3 Å². The third kappa shape index (κ3) is 2.19. The van der Waals surface area contributed by atoms with Crippen molar-refractivity contribution in [2.24, 2.45) is 0 Å². The highest BCUT2D eigenvalue weighted by molar-refractivity contribution is 7.99. The van der Waals surface area contributed by atoms with Crippen molar-refractivity contribution in [1.82, 2.24) is 5.32 Å². The van der Waals surface area contributed by atoms with E-state index < -0.39 is 0 Å². The molecule has 0 radical (unpaired) electrons. The van der Waals surface area contributed by atoms with Crippen molar-refractivity contribution in [3.05, 3.63) is 33.8 Å². The molecule has 1 aliphatic heterocycles. The summed E-state index contributed by atoms with van der Waals surface area (Å²) in [5, 5.41) is 4.95. The summed E-state index contributed by atoms with van der Waals surface area (Å²) in [5.74, 6) is 2.21. The first kappa shape index (κ1) is 10.6. The Balaban J connectivity index is 2.29. The van der Waals surface area contributed by atoms with Crippen LogP contribution in [0.15, 0.2) is 18.2 Å². The third-order valence-electron chi connectivity index (χ3n) is 2.27. The summed E-state index contributed by atoms with van der Waals surface area (Å²) < 4.78 is 0. The van der Waals surface area contributed by atoms with E-state index in [9.17, 15) is 0 Å². The molecule has 1 nitrogen and oxygen atoms in total. The molecule has 1 aromatic carbocycles. The van der Waals surface area contributed by atoms with Crippen LogP contribution in [-0.4, -0.2) is 18.1 Å². The Labute approximate surface area is 98.2 Å². The van der Waals surface area contributed by atoms with Crippen molar-refractivity contribution in [3.63, 3.8) is 0 Å². The van der Waals surface area contributed by atoms with Crippen LogP contribution in [0.5, 0.6) is 0 Å². The van der Waals surface area contributed by atoms with E-state index in [1.165, 1.54) is 5.75 Å². The normalized spacial score (nSPS) is 22.3. The van der Waals surface area contributed by atoms with Crippen LogP contribution < -0.4 is 5.32 Å². The van der Waals surface area contributed by atoms with E-state index in [2.05, 4.69) is 5.32 Å². The molecule has 4 heteroatoms. The van der Waals surface area contributed by atoms with E-state index >= 15 is 0 Å². The van der Waals surface area contributed by atoms with E-state index in [1.54, 1.807) is 0 Å². The molecule has 0 aromatic heterocycles. The van der Waals surface area contributed by atoms with Crippen molar-refractivity contribution in [3.8, 4) is 0 Å². The van der Waals surface area contributed by atoms with Crippen LogP contribution in [0.4, 0.5) is 0 Å². The Hall–Kier alpha value is 0.110. The SMILES string of the molecule is Clc1cccc(Cl)c1C1CSCCN1. The van der Waals surface area contributed by atoms with Crippen molar-refractivity contribution in [2.75, 3.05) is 18.1 Å². The van der Waals surface area contributed by atoms with Crippen LogP contribution >= 0.6 is 35.0 Å². The van der Waals surface area contributed by atoms with Gasteiger partial charge in [0.15, 0.2) is 0 Å². The molecule has 1 heterocycles. The van der Waals surface area contributed by atoms with Gasteiger partial charge in [-0.2, -0.15) is 11.8 Å². The number of nitrogens with one attached hydrogen (secondary N) is 1. The van der Waals surface area contributed by atoms with Crippen LogP contribution in [-0.2, 0) is 0 Å². The van der Waals surface area contributed by atoms with E-state index in [1.807, 2.05) is 30.0 Å². The van der Waals surface area contributed by atoms with Crippen molar-refractivity contribution >= 4 is 35.0 Å². The molecule has 1 aliphatic rings. The van der Waals surface area contributed by atoms with Gasteiger partial charge in [-0.15, -0.1) is 0 Å². The second-order valence-electron chi connectivity index (χ2n) is 3.22. The Morgan fingerprint density at radius 2 is 2.00 bits per heavy atom. The van der Waals surface area contributed by atoms with Gasteiger partial charge in [0, 0.05) is 39.7 Å². The second kappa shape index (κ2) is 4.75. The summed E-state index contributed by atoms with van der Waals surface area (Å²) in [7, 11) is 0. The molecule has 0 amide bonds. The minimum Gasteiger partial charge on any atom is -0.308 e. The standard InChI is InChI=1S/C10H11Cl2NS/c11-7-2-1-3-8(12)10(7)9-6-14-5-4-13-9/h1-3,9,13H,4-6H2. The maximum Gasteiger partial charge on any atom is 0.0469 e. The zero-order valence-corrected chi connectivity index (χ0v) is 9.92. The maximum absolute atomic E-state index is 6.13. The summed E-state index contributed by atoms with van der Waals surface area (Å²) in [4.78, 5) is 0. The van der Waals surface area contributed by atoms with Gasteiger partial charge in [-0.25, -0.2) is 0 Å². The second-order valence-corrected chi connectivity index (χ2v) is 5.18. The van der Waals surface area contributed by atoms with E-state index in [0.717, 1.165) is 27.9 Å². The summed E-state index contributed by atoms with van der Waals surface area (Å²) in [6.45, 7) is 1.02. The molecule has 2 rings (SSSR count). The maximum atomic E-state index is 6.13. The molecule has 1 fully saturated rings. The molecular formula is C10H11Cl2NS. The summed E-state index contributed by atoms with van der Waals surface area (Å²) in [6.07, 6.45) is 0. The zero-order valence-electron chi connectivity index (χ0n) is 7.59. The Morgan fingerprint density at radius 1 is 1.29 bits per heavy atom. The average molecular weight is 248 g/mol. The lowest BCUT2D eigenvalue weighted by molar-refractivity contribution is 0.595. The molecule has 0 aliphatic carbocycles. The topological polar surface area (TPSA) is 12.0 Å². The quantitative estimate of drug-likeness (QED) is 0.817. The molecule has 1 aromatic rings. The highest BCUT2D eigenvalue weighted by Crippen LogP contribution is 2.33. The minimum atomic E-state index is 0.301. The highest BCUT2D eigenvalue weighted by atomic mass is 35.5. The Morgan fingerprint density at radius 3 is 2.57 bits per heavy atom. The molecular weight excluding hydrogens is 237 g/mol. The lowest BCUT2D eigenvalue weighted by atomic mass is 10.1. The summed E-state index contributed by atoms with van der Waals surface area (Å²) in [6, 6.07) is 5.97. The summed E-state index contributed by atoms with van der Waals surface area (Å²) in [5.41, 5.74) is 1.04. The minimum absolute atomic E-state index is 0.301. The van der Waals surface area contributed by atoms with Crippen LogP contribution in [0, 0.1) is 0 Å². The van der Waals surface area contributed by atoms with Crippen LogP contribution in [0.3, 0.4) is 0 Å². The van der Waals surface area contributed by atoms with Gasteiger partial charge in [0.1, 0.15) is 0 Å². The van der Waals surface area contributed by atoms with E-state index in [4.69, 9.17) is 23.2 Å². The van der Waals surface area contributed by atoms with Crippen LogP contribution in [0.25, 0.3) is 0 Å². The number of rotatable bonds is 1. The fourth-order valence-corrected chi connectivity index (χ4v) is 3.20. The van der Waals surface area contributed by atoms with Gasteiger partial charge in [0.25, 0.3) is 0 Å². The fraction of sp³-hybridized carbons (Fsp3) is 0.400. The third-order valence-corrected chi connectivity index (χ3v) is 3.99. The molecule has 76 valence electrons. The smallest absolute Gasteiger partial charge is 0.0469 e. The highest BCUT2D eigenvalue weighted by Gasteiger charge is 2.19. The number of hydrogen-bond acceptors (Lipinski definition) is 2. The van der Waals surface area contributed by atoms with Gasteiger partial charge in [-0.3, -0.25) is 0 Å². The van der Waals surface area contributed by atoms with Crippen LogP contribution in [0.2, 0.25) is 10.0 Å². The lowest BCUT2D eigenvalue weighted by Crippen LogP contribution is -2.30. The van der Waals surface area contributed by atoms with Gasteiger partial charge in [0.05, 0.1) is 0 Å². The monoisotopic (exact) mass is 247 g/mol. The van der Waals surface area contributed by atoms with Gasteiger partial charge < -0.3 is 5.32 Å². The average Bonchev–Trinajstić information content (AvgIpc) is 2.19.